The number of alkyl halides is 3. The monoisotopic (exact) mass is 317 g/mol. The van der Waals surface area contributed by atoms with Crippen LogP contribution in [0.5, 0.6) is 0 Å². The lowest BCUT2D eigenvalue weighted by atomic mass is 10.1. The van der Waals surface area contributed by atoms with E-state index in [2.05, 4.69) is 4.98 Å². The molecule has 0 saturated heterocycles. The Morgan fingerprint density at radius 1 is 1.33 bits per heavy atom. The lowest BCUT2D eigenvalue weighted by Gasteiger charge is -2.10. The summed E-state index contributed by atoms with van der Waals surface area (Å²) in [5, 5.41) is 9.17. The molecule has 0 radical (unpaired) electrons. The van der Waals surface area contributed by atoms with Crippen LogP contribution in [0, 0.1) is 13.8 Å². The number of carboxylic acids is 1. The van der Waals surface area contributed by atoms with E-state index >= 15 is 0 Å². The van der Waals surface area contributed by atoms with Crippen molar-refractivity contribution in [3.8, 4) is 0 Å². The van der Waals surface area contributed by atoms with Gasteiger partial charge in [0.15, 0.2) is 0 Å². The Morgan fingerprint density at radius 3 is 2.48 bits per heavy atom. The van der Waals surface area contributed by atoms with Gasteiger partial charge in [0.2, 0.25) is 0 Å². The van der Waals surface area contributed by atoms with Crippen LogP contribution in [0.2, 0.25) is 0 Å². The second-order valence-corrected chi connectivity index (χ2v) is 5.26. The molecule has 0 aliphatic rings. The average Bonchev–Trinajstić information content (AvgIpc) is 2.66. The highest BCUT2D eigenvalue weighted by Gasteiger charge is 2.35. The lowest BCUT2D eigenvalue weighted by molar-refractivity contribution is -0.138. The van der Waals surface area contributed by atoms with Gasteiger partial charge in [-0.25, -0.2) is 9.78 Å². The number of aromatic nitrogens is 1. The number of aryl methyl sites for hydroxylation is 2. The van der Waals surface area contributed by atoms with Gasteiger partial charge in [-0.2, -0.15) is 13.2 Å². The van der Waals surface area contributed by atoms with E-state index in [0.29, 0.717) is 16.3 Å². The van der Waals surface area contributed by atoms with Crippen molar-refractivity contribution in [3.05, 3.63) is 40.8 Å². The number of nitrogens with zero attached hydrogens (tertiary/aromatic N) is 1. The van der Waals surface area contributed by atoms with Gasteiger partial charge in [-0.3, -0.25) is 0 Å². The Labute approximate surface area is 122 Å². The Balaban J connectivity index is 2.38. The van der Waals surface area contributed by atoms with E-state index in [9.17, 15) is 18.0 Å². The zero-order valence-corrected chi connectivity index (χ0v) is 11.8. The number of carbonyl (C=O) groups is 1. The summed E-state index contributed by atoms with van der Waals surface area (Å²) in [6.45, 7) is 3.44. The number of halogens is 3. The number of rotatable bonds is 3. The molecule has 0 spiro atoms. The highest BCUT2D eigenvalue weighted by atomic mass is 32.2. The first-order valence-electron chi connectivity index (χ1n) is 5.75. The minimum absolute atomic E-state index is 0.251. The van der Waals surface area contributed by atoms with E-state index in [1.54, 1.807) is 13.8 Å². The van der Waals surface area contributed by atoms with Crippen LogP contribution < -0.4 is 0 Å². The molecule has 0 aliphatic carbocycles. The number of hydrogen-bond acceptors (Lipinski definition) is 4. The van der Waals surface area contributed by atoms with Gasteiger partial charge < -0.3 is 9.52 Å². The third-order valence-corrected chi connectivity index (χ3v) is 3.58. The summed E-state index contributed by atoms with van der Waals surface area (Å²) in [6, 6.07) is 2.90. The third-order valence-electron chi connectivity index (χ3n) is 2.74. The maximum atomic E-state index is 12.7. The van der Waals surface area contributed by atoms with E-state index in [0.717, 1.165) is 23.9 Å². The second kappa shape index (κ2) is 5.44. The standard InChI is InChI=1S/C13H10F3NO3S/c1-6-7(2)20-12(17-6)21-8-3-4-10(13(14,15)16)9(5-8)11(18)19/h3-5H,1-2H3,(H,18,19). The quantitative estimate of drug-likeness (QED) is 0.921. The fourth-order valence-corrected chi connectivity index (χ4v) is 2.46. The molecule has 0 bridgehead atoms. The molecule has 8 heteroatoms. The first kappa shape index (κ1) is 15.4. The molecule has 0 amide bonds. The molecule has 1 N–H and O–H groups in total. The van der Waals surface area contributed by atoms with Crippen LogP contribution in [0.3, 0.4) is 0 Å². The number of hydrogen-bond donors (Lipinski definition) is 1. The molecule has 2 rings (SSSR count). The smallest absolute Gasteiger partial charge is 0.417 e. The summed E-state index contributed by atoms with van der Waals surface area (Å²) < 4.78 is 43.5. The zero-order valence-electron chi connectivity index (χ0n) is 11.0. The SMILES string of the molecule is Cc1nc(Sc2ccc(C(F)(F)F)c(C(=O)O)c2)oc1C. The predicted octanol–water partition coefficient (Wildman–Crippen LogP) is 4.16. The van der Waals surface area contributed by atoms with Crippen LogP contribution in [-0.2, 0) is 6.18 Å². The zero-order chi connectivity index (χ0) is 15.8. The molecule has 21 heavy (non-hydrogen) atoms. The molecule has 2 aromatic rings. The van der Waals surface area contributed by atoms with Crippen molar-refractivity contribution in [3.63, 3.8) is 0 Å². The molecule has 0 saturated carbocycles. The lowest BCUT2D eigenvalue weighted by Crippen LogP contribution is -2.12. The summed E-state index contributed by atoms with van der Waals surface area (Å²) in [5.41, 5.74) is -1.31. The molecule has 1 heterocycles. The van der Waals surface area contributed by atoms with Crippen molar-refractivity contribution in [2.45, 2.75) is 30.1 Å². The predicted molar refractivity (Wildman–Crippen MR) is 68.5 cm³/mol. The molecule has 0 unspecified atom stereocenters. The van der Waals surface area contributed by atoms with Gasteiger partial charge in [0, 0.05) is 4.90 Å². The van der Waals surface area contributed by atoms with Crippen molar-refractivity contribution < 1.29 is 27.5 Å². The molecule has 1 aromatic carbocycles. The van der Waals surface area contributed by atoms with E-state index in [1.807, 2.05) is 0 Å². The summed E-state index contributed by atoms with van der Waals surface area (Å²) >= 11 is 0.965. The van der Waals surface area contributed by atoms with Gasteiger partial charge in [0.1, 0.15) is 5.76 Å². The van der Waals surface area contributed by atoms with E-state index < -0.39 is 23.3 Å². The maximum Gasteiger partial charge on any atom is 0.417 e. The minimum Gasteiger partial charge on any atom is -0.478 e. The number of carboxylic acid groups (broad SMARTS) is 1. The highest BCUT2D eigenvalue weighted by Crippen LogP contribution is 2.36. The number of aromatic carboxylic acids is 1. The highest BCUT2D eigenvalue weighted by molar-refractivity contribution is 7.99. The topological polar surface area (TPSA) is 63.3 Å². The fourth-order valence-electron chi connectivity index (χ4n) is 1.60. The van der Waals surface area contributed by atoms with Crippen LogP contribution in [-0.4, -0.2) is 16.1 Å². The molecule has 1 aromatic heterocycles. The molecular weight excluding hydrogens is 307 g/mol. The van der Waals surface area contributed by atoms with Gasteiger partial charge in [0.25, 0.3) is 5.22 Å². The maximum absolute atomic E-state index is 12.7. The van der Waals surface area contributed by atoms with Crippen LogP contribution in [0.15, 0.2) is 32.7 Å². The average molecular weight is 317 g/mol. The summed E-state index contributed by atoms with van der Waals surface area (Å²) in [5.74, 6) is -1.03. The summed E-state index contributed by atoms with van der Waals surface area (Å²) in [7, 11) is 0. The number of benzene rings is 1. The van der Waals surface area contributed by atoms with Crippen LogP contribution >= 0.6 is 11.8 Å². The Morgan fingerprint density at radius 2 is 2.00 bits per heavy atom. The normalized spacial score (nSPS) is 11.7. The van der Waals surface area contributed by atoms with E-state index in [4.69, 9.17) is 9.52 Å². The van der Waals surface area contributed by atoms with Gasteiger partial charge in [-0.05, 0) is 43.8 Å². The Hall–Kier alpha value is -1.96. The molecule has 4 nitrogen and oxygen atoms in total. The Kier molecular flexibility index (Phi) is 3.99. The molecule has 112 valence electrons. The summed E-state index contributed by atoms with van der Waals surface area (Å²) in [6.07, 6.45) is -4.72. The molecule has 0 atom stereocenters. The van der Waals surface area contributed by atoms with Crippen LogP contribution in [0.25, 0.3) is 0 Å². The Bertz CT molecular complexity index is 675. The molecule has 0 fully saturated rings. The third kappa shape index (κ3) is 3.38. The first-order chi connectivity index (χ1) is 9.68. The van der Waals surface area contributed by atoms with Gasteiger partial charge in [-0.15, -0.1) is 0 Å². The second-order valence-electron chi connectivity index (χ2n) is 4.23. The molecule has 0 aliphatic heterocycles. The van der Waals surface area contributed by atoms with Crippen molar-refractivity contribution >= 4 is 17.7 Å². The fraction of sp³-hybridized carbons (Fsp3) is 0.231. The van der Waals surface area contributed by atoms with Gasteiger partial charge in [-0.1, -0.05) is 0 Å². The van der Waals surface area contributed by atoms with Crippen molar-refractivity contribution in [2.75, 3.05) is 0 Å². The van der Waals surface area contributed by atoms with Gasteiger partial charge >= 0.3 is 12.1 Å². The van der Waals surface area contributed by atoms with Crippen LogP contribution in [0.4, 0.5) is 13.2 Å². The van der Waals surface area contributed by atoms with Crippen molar-refractivity contribution in [1.29, 1.82) is 0 Å². The molecular formula is C13H10F3NO3S. The van der Waals surface area contributed by atoms with Crippen LogP contribution in [0.1, 0.15) is 27.4 Å². The number of oxazole rings is 1. The first-order valence-corrected chi connectivity index (χ1v) is 6.56. The summed E-state index contributed by atoms with van der Waals surface area (Å²) in [4.78, 5) is 15.4. The van der Waals surface area contributed by atoms with Crippen molar-refractivity contribution in [2.24, 2.45) is 0 Å². The van der Waals surface area contributed by atoms with E-state index in [1.165, 1.54) is 6.07 Å². The van der Waals surface area contributed by atoms with Gasteiger partial charge in [0.05, 0.1) is 16.8 Å². The van der Waals surface area contributed by atoms with Crippen molar-refractivity contribution in [1.82, 2.24) is 4.98 Å². The van der Waals surface area contributed by atoms with E-state index in [-0.39, 0.29) is 5.22 Å². The largest absolute Gasteiger partial charge is 0.478 e. The minimum atomic E-state index is -4.72.